The molecule has 4 nitrogen and oxygen atoms in total. The number of likely N-dealkylation sites (N-methyl/N-ethyl adjacent to an activating group) is 1. The van der Waals surface area contributed by atoms with Crippen LogP contribution in [0.5, 0.6) is 0 Å². The van der Waals surface area contributed by atoms with Crippen molar-refractivity contribution in [1.29, 1.82) is 0 Å². The second-order valence-electron chi connectivity index (χ2n) is 4.56. The van der Waals surface area contributed by atoms with Gasteiger partial charge in [0.05, 0.1) is 0 Å². The van der Waals surface area contributed by atoms with Crippen molar-refractivity contribution in [2.24, 2.45) is 0 Å². The highest BCUT2D eigenvalue weighted by atomic mass is 16.2. The van der Waals surface area contributed by atoms with Crippen molar-refractivity contribution in [2.75, 3.05) is 20.6 Å². The highest BCUT2D eigenvalue weighted by molar-refractivity contribution is 5.84. The van der Waals surface area contributed by atoms with Crippen LogP contribution in [0.15, 0.2) is 0 Å². The van der Waals surface area contributed by atoms with Crippen LogP contribution < -0.4 is 0 Å². The van der Waals surface area contributed by atoms with E-state index in [9.17, 15) is 9.59 Å². The van der Waals surface area contributed by atoms with Crippen molar-refractivity contribution in [3.05, 3.63) is 0 Å². The van der Waals surface area contributed by atoms with Crippen molar-refractivity contribution in [3.63, 3.8) is 0 Å². The van der Waals surface area contributed by atoms with Crippen LogP contribution in [-0.2, 0) is 9.59 Å². The van der Waals surface area contributed by atoms with Gasteiger partial charge in [0.2, 0.25) is 11.8 Å². The van der Waals surface area contributed by atoms with E-state index in [2.05, 4.69) is 0 Å². The van der Waals surface area contributed by atoms with Gasteiger partial charge >= 0.3 is 0 Å². The fourth-order valence-electron chi connectivity index (χ4n) is 1.10. The summed E-state index contributed by atoms with van der Waals surface area (Å²) in [5.74, 6) is -0.136. The molecule has 0 radical (unpaired) electrons. The second kappa shape index (κ2) is 4.44. The molecule has 0 rings (SSSR count). The number of hydrogen-bond acceptors (Lipinski definition) is 2. The molecule has 14 heavy (non-hydrogen) atoms. The molecule has 0 atom stereocenters. The van der Waals surface area contributed by atoms with Crippen LogP contribution in [-0.4, -0.2) is 47.8 Å². The minimum Gasteiger partial charge on any atom is -0.347 e. The Kier molecular flexibility index (Phi) is 4.10. The van der Waals surface area contributed by atoms with Crippen molar-refractivity contribution in [1.82, 2.24) is 9.80 Å². The van der Waals surface area contributed by atoms with E-state index in [1.54, 1.807) is 19.0 Å². The molecular formula is C10H20N2O2. The summed E-state index contributed by atoms with van der Waals surface area (Å²) < 4.78 is 0. The highest BCUT2D eigenvalue weighted by Crippen LogP contribution is 2.13. The standard InChI is InChI=1S/C10H20N2O2/c1-8(13)12(10(2,3)4)7-9(14)11(5)6/h7H2,1-6H3. The predicted molar refractivity (Wildman–Crippen MR) is 55.8 cm³/mol. The lowest BCUT2D eigenvalue weighted by Gasteiger charge is -2.34. The van der Waals surface area contributed by atoms with Crippen LogP contribution in [0.1, 0.15) is 27.7 Å². The van der Waals surface area contributed by atoms with Gasteiger partial charge in [-0.05, 0) is 20.8 Å². The van der Waals surface area contributed by atoms with Crippen LogP contribution >= 0.6 is 0 Å². The molecule has 0 aromatic carbocycles. The van der Waals surface area contributed by atoms with Gasteiger partial charge in [0.1, 0.15) is 6.54 Å². The Morgan fingerprint density at radius 1 is 1.14 bits per heavy atom. The van der Waals surface area contributed by atoms with E-state index in [0.717, 1.165) is 0 Å². The van der Waals surface area contributed by atoms with Gasteiger partial charge in [-0.15, -0.1) is 0 Å². The third-order valence-corrected chi connectivity index (χ3v) is 1.98. The number of nitrogens with zero attached hydrogens (tertiary/aromatic N) is 2. The molecule has 0 heterocycles. The van der Waals surface area contributed by atoms with Crippen molar-refractivity contribution >= 4 is 11.8 Å². The molecule has 0 unspecified atom stereocenters. The first kappa shape index (κ1) is 12.9. The quantitative estimate of drug-likeness (QED) is 0.659. The molecule has 0 saturated heterocycles. The van der Waals surface area contributed by atoms with Gasteiger partial charge in [0.25, 0.3) is 0 Å². The maximum absolute atomic E-state index is 11.4. The number of carbonyl (C=O) groups is 2. The normalized spacial score (nSPS) is 11.0. The molecule has 2 amide bonds. The minimum atomic E-state index is -0.308. The molecule has 0 aliphatic rings. The molecule has 0 bridgehead atoms. The lowest BCUT2D eigenvalue weighted by Crippen LogP contribution is -2.49. The Hall–Kier alpha value is -1.06. The minimum absolute atomic E-state index is 0.0601. The average molecular weight is 200 g/mol. The van der Waals surface area contributed by atoms with Gasteiger partial charge in [-0.3, -0.25) is 9.59 Å². The molecule has 0 aliphatic carbocycles. The Morgan fingerprint density at radius 2 is 1.57 bits per heavy atom. The fourth-order valence-corrected chi connectivity index (χ4v) is 1.10. The van der Waals surface area contributed by atoms with Gasteiger partial charge in [-0.25, -0.2) is 0 Å². The smallest absolute Gasteiger partial charge is 0.241 e. The fraction of sp³-hybridized carbons (Fsp3) is 0.800. The molecule has 0 N–H and O–H groups in total. The van der Waals surface area contributed by atoms with Gasteiger partial charge in [-0.1, -0.05) is 0 Å². The topological polar surface area (TPSA) is 40.6 Å². The first-order valence-corrected chi connectivity index (χ1v) is 4.64. The monoisotopic (exact) mass is 200 g/mol. The van der Waals surface area contributed by atoms with Crippen LogP contribution in [0.4, 0.5) is 0 Å². The molecule has 0 saturated carbocycles. The van der Waals surface area contributed by atoms with E-state index < -0.39 is 0 Å². The summed E-state index contributed by atoms with van der Waals surface area (Å²) in [4.78, 5) is 25.8. The lowest BCUT2D eigenvalue weighted by molar-refractivity contribution is -0.142. The lowest BCUT2D eigenvalue weighted by atomic mass is 10.1. The Bertz CT molecular complexity index is 229. The number of hydrogen-bond donors (Lipinski definition) is 0. The van der Waals surface area contributed by atoms with Crippen molar-refractivity contribution < 1.29 is 9.59 Å². The molecule has 0 aromatic rings. The maximum atomic E-state index is 11.4. The van der Waals surface area contributed by atoms with E-state index in [1.165, 1.54) is 11.8 Å². The van der Waals surface area contributed by atoms with Gasteiger partial charge in [0.15, 0.2) is 0 Å². The summed E-state index contributed by atoms with van der Waals surface area (Å²) in [5.41, 5.74) is -0.308. The first-order chi connectivity index (χ1) is 6.16. The Balaban J connectivity index is 4.56. The van der Waals surface area contributed by atoms with E-state index in [4.69, 9.17) is 0 Å². The molecule has 82 valence electrons. The SMILES string of the molecule is CC(=O)N(CC(=O)N(C)C)C(C)(C)C. The number of carbonyl (C=O) groups excluding carboxylic acids is 2. The van der Waals surface area contributed by atoms with E-state index in [-0.39, 0.29) is 23.9 Å². The van der Waals surface area contributed by atoms with Gasteiger partial charge in [-0.2, -0.15) is 0 Å². The van der Waals surface area contributed by atoms with Crippen molar-refractivity contribution in [3.8, 4) is 0 Å². The third kappa shape index (κ3) is 3.77. The zero-order chi connectivity index (χ0) is 11.5. The van der Waals surface area contributed by atoms with Crippen LogP contribution in [0.2, 0.25) is 0 Å². The molecule has 0 fully saturated rings. The number of amides is 2. The largest absolute Gasteiger partial charge is 0.347 e. The predicted octanol–water partition coefficient (Wildman–Crippen LogP) is 0.722. The molecule has 0 aliphatic heterocycles. The molecule has 0 aromatic heterocycles. The Morgan fingerprint density at radius 3 is 1.79 bits per heavy atom. The third-order valence-electron chi connectivity index (χ3n) is 1.98. The van der Waals surface area contributed by atoms with E-state index in [1.807, 2.05) is 20.8 Å². The number of rotatable bonds is 2. The van der Waals surface area contributed by atoms with E-state index >= 15 is 0 Å². The average Bonchev–Trinajstić information content (AvgIpc) is 1.96. The second-order valence-corrected chi connectivity index (χ2v) is 4.56. The summed E-state index contributed by atoms with van der Waals surface area (Å²) in [6, 6.07) is 0. The van der Waals surface area contributed by atoms with Gasteiger partial charge in [0, 0.05) is 26.6 Å². The molecule has 4 heteroatoms. The summed E-state index contributed by atoms with van der Waals surface area (Å²) in [6.07, 6.45) is 0. The Labute approximate surface area is 85.9 Å². The first-order valence-electron chi connectivity index (χ1n) is 4.64. The molecule has 0 spiro atoms. The van der Waals surface area contributed by atoms with E-state index in [0.29, 0.717) is 0 Å². The maximum Gasteiger partial charge on any atom is 0.241 e. The van der Waals surface area contributed by atoms with Gasteiger partial charge < -0.3 is 9.80 Å². The van der Waals surface area contributed by atoms with Crippen LogP contribution in [0.25, 0.3) is 0 Å². The zero-order valence-electron chi connectivity index (χ0n) is 9.92. The summed E-state index contributed by atoms with van der Waals surface area (Å²) in [7, 11) is 3.37. The molecular weight excluding hydrogens is 180 g/mol. The summed E-state index contributed by atoms with van der Waals surface area (Å²) in [6.45, 7) is 7.37. The highest BCUT2D eigenvalue weighted by Gasteiger charge is 2.26. The van der Waals surface area contributed by atoms with Crippen molar-refractivity contribution in [2.45, 2.75) is 33.2 Å². The zero-order valence-corrected chi connectivity index (χ0v) is 9.92. The van der Waals surface area contributed by atoms with Crippen LogP contribution in [0.3, 0.4) is 0 Å². The summed E-state index contributed by atoms with van der Waals surface area (Å²) in [5, 5.41) is 0. The summed E-state index contributed by atoms with van der Waals surface area (Å²) >= 11 is 0. The van der Waals surface area contributed by atoms with Crippen LogP contribution in [0, 0.1) is 0 Å².